The van der Waals surface area contributed by atoms with Gasteiger partial charge < -0.3 is 5.73 Å². The molecule has 0 heterocycles. The zero-order valence-corrected chi connectivity index (χ0v) is 21.4. The summed E-state index contributed by atoms with van der Waals surface area (Å²) in [6, 6.07) is 0. The fourth-order valence-corrected chi connectivity index (χ4v) is 9.32. The van der Waals surface area contributed by atoms with Crippen LogP contribution in [0.1, 0.15) is 131 Å². The molecule has 176 valence electrons. The average Bonchev–Trinajstić information content (AvgIpc) is 3.10. The maximum absolute atomic E-state index is 5.21. The van der Waals surface area contributed by atoms with Gasteiger partial charge >= 0.3 is 0 Å². The average molecular weight is 418 g/mol. The predicted molar refractivity (Wildman–Crippen MR) is 132 cm³/mol. The van der Waals surface area contributed by atoms with Crippen molar-refractivity contribution < 1.29 is 0 Å². The van der Waals surface area contributed by atoms with Crippen LogP contribution >= 0.6 is 0 Å². The summed E-state index contributed by atoms with van der Waals surface area (Å²) in [5.41, 5.74) is 6.62. The summed E-state index contributed by atoms with van der Waals surface area (Å²) in [6.45, 7) is 13.4. The standard InChI is InChI=1S/C24H42.C5H13N/c1-5-8-17(2)20-12-13-21-19-11-10-18-9-6-7-15-23(18,3)22(19)14-16-24(20,21)4;1-2-3-4-5-6/h17-22H,5-16H2,1-4H3;2-6H2,1H3/t17-,18?,19+,20-,21+,22+,23+,24-;/m1./s1. The molecule has 1 unspecified atom stereocenters. The third-order valence-corrected chi connectivity index (χ3v) is 10.9. The summed E-state index contributed by atoms with van der Waals surface area (Å²) in [5, 5.41) is 0. The first-order valence-electron chi connectivity index (χ1n) is 14.1. The molecule has 8 atom stereocenters. The molecule has 0 spiro atoms. The van der Waals surface area contributed by atoms with Gasteiger partial charge in [-0.25, -0.2) is 0 Å². The highest BCUT2D eigenvalue weighted by Crippen LogP contribution is 2.68. The Morgan fingerprint density at radius 1 is 0.800 bits per heavy atom. The highest BCUT2D eigenvalue weighted by molar-refractivity contribution is 5.09. The van der Waals surface area contributed by atoms with E-state index in [1.54, 1.807) is 51.4 Å². The van der Waals surface area contributed by atoms with E-state index in [1.165, 1.54) is 44.9 Å². The van der Waals surface area contributed by atoms with Crippen molar-refractivity contribution in [1.29, 1.82) is 0 Å². The number of unbranched alkanes of at least 4 members (excludes halogenated alkanes) is 2. The van der Waals surface area contributed by atoms with Crippen LogP contribution in [0.3, 0.4) is 0 Å². The molecule has 0 bridgehead atoms. The van der Waals surface area contributed by atoms with Crippen LogP contribution in [-0.4, -0.2) is 6.54 Å². The Balaban J connectivity index is 0.000000377. The smallest absolute Gasteiger partial charge is 0.00773 e. The number of fused-ring (bicyclic) bond motifs is 5. The van der Waals surface area contributed by atoms with Gasteiger partial charge in [-0.1, -0.05) is 73.1 Å². The Kier molecular flexibility index (Phi) is 8.79. The summed E-state index contributed by atoms with van der Waals surface area (Å²) in [6.07, 6.45) is 22.1. The summed E-state index contributed by atoms with van der Waals surface area (Å²) < 4.78 is 0. The van der Waals surface area contributed by atoms with E-state index in [9.17, 15) is 0 Å². The highest BCUT2D eigenvalue weighted by Gasteiger charge is 2.59. The van der Waals surface area contributed by atoms with Gasteiger partial charge in [-0.2, -0.15) is 0 Å². The minimum absolute atomic E-state index is 0.688. The molecular weight excluding hydrogens is 362 g/mol. The molecule has 1 heteroatoms. The first-order valence-corrected chi connectivity index (χ1v) is 14.1. The van der Waals surface area contributed by atoms with Gasteiger partial charge in [-0.05, 0) is 111 Å². The van der Waals surface area contributed by atoms with Crippen LogP contribution < -0.4 is 5.73 Å². The monoisotopic (exact) mass is 417 g/mol. The van der Waals surface area contributed by atoms with Crippen LogP contribution in [0, 0.1) is 46.3 Å². The second-order valence-electron chi connectivity index (χ2n) is 12.4. The molecule has 0 aromatic rings. The Morgan fingerprint density at radius 2 is 1.57 bits per heavy atom. The Hall–Kier alpha value is -0.0400. The molecule has 4 aliphatic rings. The van der Waals surface area contributed by atoms with Gasteiger partial charge in [0.05, 0.1) is 0 Å². The van der Waals surface area contributed by atoms with Crippen LogP contribution in [0.15, 0.2) is 0 Å². The largest absolute Gasteiger partial charge is 0.330 e. The SMILES string of the molecule is CCCCCN.CCC[C@@H](C)[C@H]1CC[C@H]2[C@@H]3CCC4CCCC[C@]4(C)[C@H]3CC[C@]12C. The van der Waals surface area contributed by atoms with Gasteiger partial charge in [-0.15, -0.1) is 0 Å². The van der Waals surface area contributed by atoms with E-state index in [0.29, 0.717) is 5.41 Å². The quantitative estimate of drug-likeness (QED) is 0.430. The molecule has 4 rings (SSSR count). The van der Waals surface area contributed by atoms with Crippen molar-refractivity contribution in [3.8, 4) is 0 Å². The molecular formula is C29H55N. The van der Waals surface area contributed by atoms with Gasteiger partial charge in [0, 0.05) is 0 Å². The fraction of sp³-hybridized carbons (Fsp3) is 1.00. The van der Waals surface area contributed by atoms with Crippen molar-refractivity contribution in [3.63, 3.8) is 0 Å². The Morgan fingerprint density at radius 3 is 2.23 bits per heavy atom. The van der Waals surface area contributed by atoms with E-state index in [0.717, 1.165) is 47.5 Å². The van der Waals surface area contributed by atoms with Gasteiger partial charge in [-0.3, -0.25) is 0 Å². The van der Waals surface area contributed by atoms with Crippen LogP contribution in [0.4, 0.5) is 0 Å². The third kappa shape index (κ3) is 4.67. The zero-order chi connectivity index (χ0) is 21.8. The molecule has 30 heavy (non-hydrogen) atoms. The fourth-order valence-electron chi connectivity index (χ4n) is 9.32. The van der Waals surface area contributed by atoms with Crippen LogP contribution in [0.25, 0.3) is 0 Å². The van der Waals surface area contributed by atoms with E-state index in [2.05, 4.69) is 34.6 Å². The van der Waals surface area contributed by atoms with E-state index >= 15 is 0 Å². The molecule has 0 aromatic carbocycles. The highest BCUT2D eigenvalue weighted by atomic mass is 14.6. The molecule has 0 saturated heterocycles. The first-order chi connectivity index (χ1) is 14.4. The minimum atomic E-state index is 0.688. The van der Waals surface area contributed by atoms with Crippen molar-refractivity contribution >= 4 is 0 Å². The molecule has 1 nitrogen and oxygen atoms in total. The van der Waals surface area contributed by atoms with Crippen LogP contribution in [-0.2, 0) is 0 Å². The van der Waals surface area contributed by atoms with Crippen molar-refractivity contribution in [3.05, 3.63) is 0 Å². The molecule has 4 fully saturated rings. The van der Waals surface area contributed by atoms with Crippen LogP contribution in [0.5, 0.6) is 0 Å². The van der Waals surface area contributed by atoms with E-state index in [4.69, 9.17) is 5.73 Å². The number of hydrogen-bond donors (Lipinski definition) is 1. The topological polar surface area (TPSA) is 26.0 Å². The van der Waals surface area contributed by atoms with Crippen molar-refractivity contribution in [2.24, 2.45) is 52.1 Å². The van der Waals surface area contributed by atoms with Crippen LogP contribution in [0.2, 0.25) is 0 Å². The van der Waals surface area contributed by atoms with Gasteiger partial charge in [0.15, 0.2) is 0 Å². The summed E-state index contributed by atoms with van der Waals surface area (Å²) in [5.74, 6) is 6.30. The number of hydrogen-bond acceptors (Lipinski definition) is 1. The number of nitrogens with two attached hydrogens (primary N) is 1. The predicted octanol–water partition coefficient (Wildman–Crippen LogP) is 8.61. The van der Waals surface area contributed by atoms with E-state index in [1.807, 2.05) is 0 Å². The minimum Gasteiger partial charge on any atom is -0.330 e. The second-order valence-corrected chi connectivity index (χ2v) is 12.4. The molecule has 0 aromatic heterocycles. The second kappa shape index (κ2) is 10.7. The maximum Gasteiger partial charge on any atom is -0.00773 e. The van der Waals surface area contributed by atoms with Crippen molar-refractivity contribution in [2.45, 2.75) is 131 Å². The first kappa shape index (κ1) is 24.6. The third-order valence-electron chi connectivity index (χ3n) is 10.9. The molecule has 0 amide bonds. The van der Waals surface area contributed by atoms with Crippen molar-refractivity contribution in [1.82, 2.24) is 0 Å². The van der Waals surface area contributed by atoms with Gasteiger partial charge in [0.25, 0.3) is 0 Å². The molecule has 4 saturated carbocycles. The molecule has 2 N–H and O–H groups in total. The zero-order valence-electron chi connectivity index (χ0n) is 21.4. The lowest BCUT2D eigenvalue weighted by Crippen LogP contribution is -2.53. The Bertz CT molecular complexity index is 510. The van der Waals surface area contributed by atoms with Gasteiger partial charge in [0.2, 0.25) is 0 Å². The lowest BCUT2D eigenvalue weighted by Gasteiger charge is -2.61. The normalized spacial score (nSPS) is 43.6. The molecule has 0 aliphatic heterocycles. The Labute approximate surface area is 189 Å². The van der Waals surface area contributed by atoms with E-state index < -0.39 is 0 Å². The lowest BCUT2D eigenvalue weighted by atomic mass is 9.44. The lowest BCUT2D eigenvalue weighted by molar-refractivity contribution is -0.114. The van der Waals surface area contributed by atoms with Gasteiger partial charge in [0.1, 0.15) is 0 Å². The van der Waals surface area contributed by atoms with E-state index in [-0.39, 0.29) is 0 Å². The molecule has 4 aliphatic carbocycles. The maximum atomic E-state index is 5.21. The summed E-state index contributed by atoms with van der Waals surface area (Å²) in [4.78, 5) is 0. The van der Waals surface area contributed by atoms with Crippen molar-refractivity contribution in [2.75, 3.05) is 6.54 Å². The number of rotatable bonds is 6. The molecule has 0 radical (unpaired) electrons. The summed E-state index contributed by atoms with van der Waals surface area (Å²) >= 11 is 0. The summed E-state index contributed by atoms with van der Waals surface area (Å²) in [7, 11) is 0.